The molecule has 0 aliphatic carbocycles. The zero-order valence-corrected chi connectivity index (χ0v) is 13.2. The Kier molecular flexibility index (Phi) is 4.86. The normalized spacial score (nSPS) is 20.9. The summed E-state index contributed by atoms with van der Waals surface area (Å²) in [7, 11) is -1.91. The number of thiophene rings is 1. The maximum atomic E-state index is 12.4. The third-order valence-corrected chi connectivity index (χ3v) is 6.79. The molecular formula is C11H17ClN2O3S2. The molecule has 0 saturated carbocycles. The Morgan fingerprint density at radius 3 is 2.89 bits per heavy atom. The highest BCUT2D eigenvalue weighted by Crippen LogP contribution is 2.31. The summed E-state index contributed by atoms with van der Waals surface area (Å²) in [4.78, 5) is 0. The molecule has 1 fully saturated rings. The van der Waals surface area contributed by atoms with E-state index in [0.717, 1.165) is 23.4 Å². The second kappa shape index (κ2) is 6.07. The number of hydrogen-bond acceptors (Lipinski definition) is 5. The highest BCUT2D eigenvalue weighted by Gasteiger charge is 2.27. The Morgan fingerprint density at radius 1 is 1.63 bits per heavy atom. The van der Waals surface area contributed by atoms with Crippen molar-refractivity contribution in [2.45, 2.75) is 17.2 Å². The van der Waals surface area contributed by atoms with E-state index in [9.17, 15) is 8.42 Å². The van der Waals surface area contributed by atoms with Crippen LogP contribution in [0.3, 0.4) is 0 Å². The van der Waals surface area contributed by atoms with Crippen LogP contribution in [0.5, 0.6) is 0 Å². The fraction of sp³-hybridized carbons (Fsp3) is 0.636. The molecule has 0 amide bonds. The van der Waals surface area contributed by atoms with Crippen molar-refractivity contribution in [1.82, 2.24) is 9.62 Å². The van der Waals surface area contributed by atoms with Gasteiger partial charge in [-0.3, -0.25) is 0 Å². The molecule has 2 heterocycles. The van der Waals surface area contributed by atoms with Crippen LogP contribution in [0.4, 0.5) is 0 Å². The van der Waals surface area contributed by atoms with Crippen LogP contribution in [-0.4, -0.2) is 52.1 Å². The fourth-order valence-electron chi connectivity index (χ4n) is 1.83. The minimum atomic E-state index is -3.48. The summed E-state index contributed by atoms with van der Waals surface area (Å²) in [6, 6.07) is 1.61. The number of ether oxygens (including phenoxy) is 1. The molecule has 19 heavy (non-hydrogen) atoms. The lowest BCUT2D eigenvalue weighted by Gasteiger charge is -2.27. The van der Waals surface area contributed by atoms with E-state index in [1.807, 2.05) is 0 Å². The molecule has 0 radical (unpaired) electrons. The van der Waals surface area contributed by atoms with Crippen LogP contribution < -0.4 is 5.32 Å². The highest BCUT2D eigenvalue weighted by molar-refractivity contribution is 7.91. The van der Waals surface area contributed by atoms with Gasteiger partial charge in [-0.05, 0) is 18.6 Å². The van der Waals surface area contributed by atoms with E-state index in [1.165, 1.54) is 4.31 Å². The Labute approximate surface area is 122 Å². The van der Waals surface area contributed by atoms with Crippen molar-refractivity contribution in [3.63, 3.8) is 0 Å². The minimum absolute atomic E-state index is 0.106. The monoisotopic (exact) mass is 324 g/mol. The minimum Gasteiger partial charge on any atom is -0.374 e. The predicted octanol–water partition coefficient (Wildman–Crippen LogP) is 1.32. The maximum absolute atomic E-state index is 12.4. The molecule has 1 aliphatic heterocycles. The highest BCUT2D eigenvalue weighted by atomic mass is 35.5. The average Bonchev–Trinajstić information content (AvgIpc) is 2.71. The molecule has 1 unspecified atom stereocenters. The Balaban J connectivity index is 2.10. The quantitative estimate of drug-likeness (QED) is 0.907. The molecule has 0 aromatic carbocycles. The van der Waals surface area contributed by atoms with Crippen molar-refractivity contribution in [3.8, 4) is 0 Å². The van der Waals surface area contributed by atoms with Crippen molar-refractivity contribution >= 4 is 33.0 Å². The van der Waals surface area contributed by atoms with Gasteiger partial charge in [-0.15, -0.1) is 11.3 Å². The lowest BCUT2D eigenvalue weighted by molar-refractivity contribution is 0.0206. The first kappa shape index (κ1) is 15.2. The van der Waals surface area contributed by atoms with E-state index in [0.29, 0.717) is 24.0 Å². The topological polar surface area (TPSA) is 58.6 Å². The van der Waals surface area contributed by atoms with Gasteiger partial charge >= 0.3 is 0 Å². The van der Waals surface area contributed by atoms with Gasteiger partial charge in [-0.1, -0.05) is 11.6 Å². The number of likely N-dealkylation sites (N-methyl/N-ethyl adjacent to an activating group) is 1. The van der Waals surface area contributed by atoms with Gasteiger partial charge in [-0.2, -0.15) is 4.31 Å². The predicted molar refractivity (Wildman–Crippen MR) is 76.5 cm³/mol. The van der Waals surface area contributed by atoms with Crippen molar-refractivity contribution in [1.29, 1.82) is 0 Å². The number of hydrogen-bond donors (Lipinski definition) is 1. The van der Waals surface area contributed by atoms with Gasteiger partial charge in [0.15, 0.2) is 0 Å². The Hall–Kier alpha value is -0.180. The molecule has 1 aromatic rings. The number of morpholine rings is 1. The lowest BCUT2D eigenvalue weighted by Crippen LogP contribution is -2.45. The molecule has 1 atom stereocenters. The summed E-state index contributed by atoms with van der Waals surface area (Å²) in [5.74, 6) is 0. The Bertz CT molecular complexity index is 519. The molecule has 108 valence electrons. The molecule has 1 N–H and O–H groups in total. The van der Waals surface area contributed by atoms with E-state index in [4.69, 9.17) is 16.3 Å². The number of aryl methyl sites for hydroxylation is 1. The summed E-state index contributed by atoms with van der Waals surface area (Å²) in [5, 5.41) is 3.18. The second-order valence-electron chi connectivity index (χ2n) is 4.50. The van der Waals surface area contributed by atoms with Crippen LogP contribution in [0.1, 0.15) is 5.56 Å². The summed E-state index contributed by atoms with van der Waals surface area (Å²) >= 11 is 7.02. The van der Waals surface area contributed by atoms with Crippen molar-refractivity contribution < 1.29 is 13.2 Å². The van der Waals surface area contributed by atoms with E-state index in [2.05, 4.69) is 5.32 Å². The molecule has 1 saturated heterocycles. The molecule has 2 rings (SSSR count). The van der Waals surface area contributed by atoms with Gasteiger partial charge in [0.05, 0.1) is 17.0 Å². The standard InChI is InChI=1S/C11H17ClN2O3S2/c1-8-5-10(18-11(8)12)19(15,16)14(2)7-9-6-13-3-4-17-9/h5,9,13H,3-4,6-7H2,1-2H3. The van der Waals surface area contributed by atoms with Crippen molar-refractivity contribution in [3.05, 3.63) is 16.0 Å². The molecular weight excluding hydrogens is 308 g/mol. The first-order valence-corrected chi connectivity index (χ1v) is 8.59. The van der Waals surface area contributed by atoms with E-state index in [1.54, 1.807) is 20.0 Å². The van der Waals surface area contributed by atoms with Gasteiger partial charge in [0.2, 0.25) is 0 Å². The van der Waals surface area contributed by atoms with E-state index < -0.39 is 10.0 Å². The Morgan fingerprint density at radius 2 is 2.37 bits per heavy atom. The molecule has 1 aromatic heterocycles. The van der Waals surface area contributed by atoms with Gasteiger partial charge in [0.25, 0.3) is 10.0 Å². The van der Waals surface area contributed by atoms with Crippen molar-refractivity contribution in [2.24, 2.45) is 0 Å². The number of nitrogens with one attached hydrogen (secondary N) is 1. The maximum Gasteiger partial charge on any atom is 0.252 e. The zero-order valence-electron chi connectivity index (χ0n) is 10.8. The van der Waals surface area contributed by atoms with Gasteiger partial charge in [-0.25, -0.2) is 8.42 Å². The molecule has 0 spiro atoms. The summed E-state index contributed by atoms with van der Waals surface area (Å²) in [5.41, 5.74) is 0.786. The largest absolute Gasteiger partial charge is 0.374 e. The third kappa shape index (κ3) is 3.48. The van der Waals surface area contributed by atoms with Gasteiger partial charge < -0.3 is 10.1 Å². The fourth-order valence-corrected chi connectivity index (χ4v) is 4.96. The SMILES string of the molecule is Cc1cc(S(=O)(=O)N(C)CC2CNCCO2)sc1Cl. The smallest absolute Gasteiger partial charge is 0.252 e. The first-order chi connectivity index (χ1) is 8.91. The van der Waals surface area contributed by atoms with E-state index >= 15 is 0 Å². The van der Waals surface area contributed by atoms with Crippen LogP contribution in [0.15, 0.2) is 10.3 Å². The number of halogens is 1. The summed E-state index contributed by atoms with van der Waals surface area (Å²) in [6.07, 6.45) is -0.106. The second-order valence-corrected chi connectivity index (χ2v) is 8.43. The average molecular weight is 325 g/mol. The molecule has 5 nitrogen and oxygen atoms in total. The van der Waals surface area contributed by atoms with Crippen molar-refractivity contribution in [2.75, 3.05) is 33.3 Å². The third-order valence-electron chi connectivity index (χ3n) is 2.96. The van der Waals surface area contributed by atoms with E-state index in [-0.39, 0.29) is 10.3 Å². The van der Waals surface area contributed by atoms with Crippen LogP contribution in [-0.2, 0) is 14.8 Å². The lowest BCUT2D eigenvalue weighted by atomic mass is 10.3. The summed E-state index contributed by atoms with van der Waals surface area (Å²) in [6.45, 7) is 4.23. The number of sulfonamides is 1. The van der Waals surface area contributed by atoms with Gasteiger partial charge in [0, 0.05) is 26.7 Å². The van der Waals surface area contributed by atoms with Crippen LogP contribution in [0.2, 0.25) is 4.34 Å². The first-order valence-electron chi connectivity index (χ1n) is 5.96. The summed E-state index contributed by atoms with van der Waals surface area (Å²) < 4.78 is 32.4. The molecule has 0 bridgehead atoms. The van der Waals surface area contributed by atoms with Gasteiger partial charge in [0.1, 0.15) is 4.21 Å². The number of nitrogens with zero attached hydrogens (tertiary/aromatic N) is 1. The van der Waals surface area contributed by atoms with Crippen LogP contribution >= 0.6 is 22.9 Å². The number of rotatable bonds is 4. The molecule has 8 heteroatoms. The molecule has 1 aliphatic rings. The van der Waals surface area contributed by atoms with Crippen LogP contribution in [0.25, 0.3) is 0 Å². The van der Waals surface area contributed by atoms with Crippen LogP contribution in [0, 0.1) is 6.92 Å². The zero-order chi connectivity index (χ0) is 14.0.